The second-order valence-electron chi connectivity index (χ2n) is 5.73. The fraction of sp³-hybridized carbons (Fsp3) is 0.562. The van der Waals surface area contributed by atoms with Gasteiger partial charge in [-0.3, -0.25) is 0 Å². The van der Waals surface area contributed by atoms with E-state index >= 15 is 0 Å². The first-order valence-electron chi connectivity index (χ1n) is 7.51. The largest absolute Gasteiger partial charge is 0.494 e. The monoisotopic (exact) mass is 310 g/mol. The van der Waals surface area contributed by atoms with Crippen LogP contribution in [0.4, 0.5) is 4.39 Å². The van der Waals surface area contributed by atoms with E-state index in [1.165, 1.54) is 38.9 Å². The Morgan fingerprint density at radius 2 is 2.14 bits per heavy atom. The number of hydrogen-bond donors (Lipinski definition) is 0. The van der Waals surface area contributed by atoms with Crippen LogP contribution in [0.5, 0.6) is 5.75 Å². The summed E-state index contributed by atoms with van der Waals surface area (Å²) in [6.07, 6.45) is 6.46. The van der Waals surface area contributed by atoms with Gasteiger partial charge in [0.05, 0.1) is 24.0 Å². The van der Waals surface area contributed by atoms with E-state index in [1.54, 1.807) is 6.07 Å². The SMILES string of the molecule is COc1cc2c(cc1F)nc(CCl)n2CCC1CCCC1. The molecule has 1 aromatic heterocycles. The zero-order valence-electron chi connectivity index (χ0n) is 12.2. The first-order valence-corrected chi connectivity index (χ1v) is 8.05. The molecule has 0 spiro atoms. The second-order valence-corrected chi connectivity index (χ2v) is 6.00. The first kappa shape index (κ1) is 14.6. The molecule has 0 unspecified atom stereocenters. The minimum Gasteiger partial charge on any atom is -0.494 e. The van der Waals surface area contributed by atoms with E-state index in [1.807, 2.05) is 0 Å². The maximum atomic E-state index is 13.8. The Morgan fingerprint density at radius 1 is 1.38 bits per heavy atom. The van der Waals surface area contributed by atoms with Crippen LogP contribution in [0, 0.1) is 11.7 Å². The minimum absolute atomic E-state index is 0.255. The lowest BCUT2D eigenvalue weighted by Crippen LogP contribution is -2.06. The van der Waals surface area contributed by atoms with Crippen LogP contribution >= 0.6 is 11.6 Å². The predicted octanol–water partition coefficient (Wildman–Crippen LogP) is 4.50. The van der Waals surface area contributed by atoms with Crippen molar-refractivity contribution < 1.29 is 9.13 Å². The van der Waals surface area contributed by atoms with Crippen molar-refractivity contribution in [1.82, 2.24) is 9.55 Å². The molecular formula is C16H20ClFN2O. The molecule has 0 aliphatic heterocycles. The zero-order valence-corrected chi connectivity index (χ0v) is 13.0. The van der Waals surface area contributed by atoms with Crippen molar-refractivity contribution in [3.63, 3.8) is 0 Å². The number of alkyl halides is 1. The Kier molecular flexibility index (Phi) is 4.34. The number of benzene rings is 1. The molecular weight excluding hydrogens is 291 g/mol. The van der Waals surface area contributed by atoms with Gasteiger partial charge >= 0.3 is 0 Å². The van der Waals surface area contributed by atoms with E-state index in [9.17, 15) is 4.39 Å². The van der Waals surface area contributed by atoms with Crippen LogP contribution in [0.2, 0.25) is 0 Å². The zero-order chi connectivity index (χ0) is 14.8. The van der Waals surface area contributed by atoms with Crippen molar-refractivity contribution >= 4 is 22.6 Å². The van der Waals surface area contributed by atoms with Gasteiger partial charge in [-0.25, -0.2) is 9.37 Å². The van der Waals surface area contributed by atoms with Crippen LogP contribution in [0.1, 0.15) is 37.9 Å². The van der Waals surface area contributed by atoms with Crippen molar-refractivity contribution in [1.29, 1.82) is 0 Å². The van der Waals surface area contributed by atoms with Gasteiger partial charge in [-0.05, 0) is 12.3 Å². The van der Waals surface area contributed by atoms with Crippen LogP contribution in [-0.2, 0) is 12.4 Å². The molecule has 0 atom stereocenters. The molecule has 0 bridgehead atoms. The third-order valence-electron chi connectivity index (χ3n) is 4.46. The number of aromatic nitrogens is 2. The Balaban J connectivity index is 1.93. The van der Waals surface area contributed by atoms with E-state index in [4.69, 9.17) is 16.3 Å². The lowest BCUT2D eigenvalue weighted by Gasteiger charge is -2.12. The minimum atomic E-state index is -0.383. The summed E-state index contributed by atoms with van der Waals surface area (Å²) < 4.78 is 21.0. The van der Waals surface area contributed by atoms with Crippen LogP contribution in [0.25, 0.3) is 11.0 Å². The van der Waals surface area contributed by atoms with E-state index in [-0.39, 0.29) is 11.6 Å². The molecule has 0 radical (unpaired) electrons. The topological polar surface area (TPSA) is 27.1 Å². The van der Waals surface area contributed by atoms with Crippen LogP contribution in [0.3, 0.4) is 0 Å². The van der Waals surface area contributed by atoms with Crippen molar-refractivity contribution in [2.45, 2.75) is 44.5 Å². The summed E-state index contributed by atoms with van der Waals surface area (Å²) in [6, 6.07) is 3.15. The van der Waals surface area contributed by atoms with Gasteiger partial charge in [0, 0.05) is 18.7 Å². The highest BCUT2D eigenvalue weighted by Crippen LogP contribution is 2.30. The average molecular weight is 311 g/mol. The Hall–Kier alpha value is -1.29. The first-order chi connectivity index (χ1) is 10.2. The van der Waals surface area contributed by atoms with Crippen LogP contribution in [-0.4, -0.2) is 16.7 Å². The molecule has 3 nitrogen and oxygen atoms in total. The normalized spacial score (nSPS) is 16.0. The molecule has 1 aliphatic carbocycles. The molecule has 3 rings (SSSR count). The van der Waals surface area contributed by atoms with Gasteiger partial charge in [-0.15, -0.1) is 11.6 Å². The van der Waals surface area contributed by atoms with Gasteiger partial charge in [-0.1, -0.05) is 25.7 Å². The molecule has 1 heterocycles. The molecule has 1 aliphatic rings. The fourth-order valence-electron chi connectivity index (χ4n) is 3.30. The summed E-state index contributed by atoms with van der Waals surface area (Å²) in [5.41, 5.74) is 1.55. The molecule has 0 saturated heterocycles. The Bertz CT molecular complexity index is 635. The van der Waals surface area contributed by atoms with Crippen molar-refractivity contribution in [2.24, 2.45) is 5.92 Å². The van der Waals surface area contributed by atoms with E-state index in [0.29, 0.717) is 11.4 Å². The molecule has 0 N–H and O–H groups in total. The standard InChI is InChI=1S/C16H20ClFN2O/c1-21-15-9-14-13(8-12(15)18)19-16(10-17)20(14)7-6-11-4-2-3-5-11/h8-9,11H,2-7,10H2,1H3. The summed E-state index contributed by atoms with van der Waals surface area (Å²) >= 11 is 6.00. The van der Waals surface area contributed by atoms with Gasteiger partial charge in [0.2, 0.25) is 0 Å². The van der Waals surface area contributed by atoms with Crippen molar-refractivity contribution in [3.05, 3.63) is 23.8 Å². The molecule has 2 aromatic rings. The summed E-state index contributed by atoms with van der Waals surface area (Å²) in [6.45, 7) is 0.887. The van der Waals surface area contributed by atoms with E-state index in [0.717, 1.165) is 30.2 Å². The number of methoxy groups -OCH3 is 1. The number of fused-ring (bicyclic) bond motifs is 1. The Labute approximate surface area is 129 Å². The highest BCUT2D eigenvalue weighted by atomic mass is 35.5. The summed E-state index contributed by atoms with van der Waals surface area (Å²) in [4.78, 5) is 4.45. The molecule has 1 aromatic carbocycles. The van der Waals surface area contributed by atoms with Gasteiger partial charge < -0.3 is 9.30 Å². The number of halogens is 2. The maximum Gasteiger partial charge on any atom is 0.167 e. The quantitative estimate of drug-likeness (QED) is 0.760. The lowest BCUT2D eigenvalue weighted by molar-refractivity contribution is 0.387. The van der Waals surface area contributed by atoms with Crippen LogP contribution in [0.15, 0.2) is 12.1 Å². The third kappa shape index (κ3) is 2.86. The third-order valence-corrected chi connectivity index (χ3v) is 4.70. The molecule has 114 valence electrons. The van der Waals surface area contributed by atoms with E-state index in [2.05, 4.69) is 9.55 Å². The second kappa shape index (κ2) is 6.22. The number of imidazole rings is 1. The molecule has 1 fully saturated rings. The van der Waals surface area contributed by atoms with Gasteiger partial charge in [0.25, 0.3) is 0 Å². The molecule has 21 heavy (non-hydrogen) atoms. The van der Waals surface area contributed by atoms with Crippen LogP contribution < -0.4 is 4.74 Å². The summed E-state index contributed by atoms with van der Waals surface area (Å²) in [7, 11) is 1.48. The van der Waals surface area contributed by atoms with Crippen molar-refractivity contribution in [3.8, 4) is 5.75 Å². The van der Waals surface area contributed by atoms with E-state index < -0.39 is 0 Å². The van der Waals surface area contributed by atoms with Gasteiger partial charge in [0.1, 0.15) is 5.82 Å². The predicted molar refractivity (Wildman–Crippen MR) is 82.4 cm³/mol. The fourth-order valence-corrected chi connectivity index (χ4v) is 3.50. The van der Waals surface area contributed by atoms with Gasteiger partial charge in [-0.2, -0.15) is 0 Å². The summed E-state index contributed by atoms with van der Waals surface area (Å²) in [5, 5.41) is 0. The van der Waals surface area contributed by atoms with Gasteiger partial charge in [0.15, 0.2) is 11.6 Å². The Morgan fingerprint density at radius 3 is 2.81 bits per heavy atom. The highest BCUT2D eigenvalue weighted by molar-refractivity contribution is 6.16. The molecule has 0 amide bonds. The lowest BCUT2D eigenvalue weighted by atomic mass is 10.0. The van der Waals surface area contributed by atoms with Crippen molar-refractivity contribution in [2.75, 3.05) is 7.11 Å². The number of hydrogen-bond acceptors (Lipinski definition) is 2. The highest BCUT2D eigenvalue weighted by Gasteiger charge is 2.18. The maximum absolute atomic E-state index is 13.8. The molecule has 1 saturated carbocycles. The number of rotatable bonds is 5. The molecule has 5 heteroatoms. The number of aryl methyl sites for hydroxylation is 1. The number of ether oxygens (including phenoxy) is 1. The summed E-state index contributed by atoms with van der Waals surface area (Å²) in [5.74, 6) is 1.81. The number of nitrogens with zero attached hydrogens (tertiary/aromatic N) is 2. The smallest absolute Gasteiger partial charge is 0.167 e. The average Bonchev–Trinajstić information content (AvgIpc) is 3.11.